The van der Waals surface area contributed by atoms with Gasteiger partial charge in [0.05, 0.1) is 23.4 Å². The molecule has 0 saturated carbocycles. The van der Waals surface area contributed by atoms with Crippen LogP contribution in [0.3, 0.4) is 0 Å². The smallest absolute Gasteiger partial charge is 0.337 e. The van der Waals surface area contributed by atoms with Gasteiger partial charge in [-0.05, 0) is 35.9 Å². The predicted molar refractivity (Wildman–Crippen MR) is 104 cm³/mol. The van der Waals surface area contributed by atoms with E-state index in [-0.39, 0.29) is 17.5 Å². The van der Waals surface area contributed by atoms with Crippen LogP contribution in [0.2, 0.25) is 5.02 Å². The fourth-order valence-corrected chi connectivity index (χ4v) is 2.47. The summed E-state index contributed by atoms with van der Waals surface area (Å²) in [7, 11) is 1.29. The van der Waals surface area contributed by atoms with Gasteiger partial charge in [-0.2, -0.15) is 0 Å². The molecule has 1 aromatic carbocycles. The zero-order chi connectivity index (χ0) is 19.9. The monoisotopic (exact) mass is 397 g/mol. The number of amides is 1. The highest BCUT2D eigenvalue weighted by Crippen LogP contribution is 2.25. The van der Waals surface area contributed by atoms with Crippen LogP contribution >= 0.6 is 11.6 Å². The summed E-state index contributed by atoms with van der Waals surface area (Å²) in [6.07, 6.45) is 4.78. The van der Waals surface area contributed by atoms with Crippen molar-refractivity contribution in [1.82, 2.24) is 20.3 Å². The highest BCUT2D eigenvalue weighted by molar-refractivity contribution is 6.33. The number of rotatable bonds is 6. The molecule has 9 heteroatoms. The molecule has 142 valence electrons. The summed E-state index contributed by atoms with van der Waals surface area (Å²) in [6, 6.07) is 9.77. The number of halogens is 1. The molecule has 1 amide bonds. The Balaban J connectivity index is 1.73. The zero-order valence-corrected chi connectivity index (χ0v) is 15.6. The molecule has 0 atom stereocenters. The largest absolute Gasteiger partial charge is 0.465 e. The van der Waals surface area contributed by atoms with Crippen molar-refractivity contribution < 1.29 is 14.3 Å². The number of methoxy groups -OCH3 is 1. The van der Waals surface area contributed by atoms with E-state index in [1.54, 1.807) is 30.6 Å². The fourth-order valence-electron chi connectivity index (χ4n) is 2.31. The fraction of sp³-hybridized carbons (Fsp3) is 0.105. The zero-order valence-electron chi connectivity index (χ0n) is 14.8. The first-order valence-corrected chi connectivity index (χ1v) is 8.59. The number of esters is 1. The molecule has 28 heavy (non-hydrogen) atoms. The van der Waals surface area contributed by atoms with Crippen molar-refractivity contribution >= 4 is 35.1 Å². The third-order valence-electron chi connectivity index (χ3n) is 3.70. The van der Waals surface area contributed by atoms with Gasteiger partial charge in [-0.25, -0.2) is 14.8 Å². The van der Waals surface area contributed by atoms with Gasteiger partial charge in [-0.1, -0.05) is 17.7 Å². The van der Waals surface area contributed by atoms with E-state index in [0.717, 1.165) is 5.56 Å². The van der Waals surface area contributed by atoms with E-state index in [4.69, 9.17) is 16.3 Å². The molecule has 2 aromatic heterocycles. The average Bonchev–Trinajstić information content (AvgIpc) is 2.74. The minimum absolute atomic E-state index is 0.165. The minimum Gasteiger partial charge on any atom is -0.465 e. The van der Waals surface area contributed by atoms with E-state index in [1.807, 2.05) is 6.07 Å². The summed E-state index contributed by atoms with van der Waals surface area (Å²) in [5, 5.41) is 6.04. The van der Waals surface area contributed by atoms with Gasteiger partial charge in [-0.15, -0.1) is 0 Å². The van der Waals surface area contributed by atoms with Crippen molar-refractivity contribution in [3.8, 4) is 0 Å². The number of hydrogen-bond acceptors (Lipinski definition) is 7. The van der Waals surface area contributed by atoms with Gasteiger partial charge in [0.1, 0.15) is 5.69 Å². The van der Waals surface area contributed by atoms with Crippen molar-refractivity contribution in [3.63, 3.8) is 0 Å². The van der Waals surface area contributed by atoms with Crippen LogP contribution in [-0.4, -0.2) is 33.9 Å². The average molecular weight is 398 g/mol. The van der Waals surface area contributed by atoms with Crippen LogP contribution in [0.15, 0.2) is 55.0 Å². The minimum atomic E-state index is -0.496. The van der Waals surface area contributed by atoms with Gasteiger partial charge in [0.25, 0.3) is 5.91 Å². The molecule has 3 aromatic rings. The quantitative estimate of drug-likeness (QED) is 0.616. The molecule has 2 N–H and O–H groups in total. The lowest BCUT2D eigenvalue weighted by atomic mass is 10.2. The molecule has 0 radical (unpaired) electrons. The molecule has 0 saturated heterocycles. The molecule has 0 aliphatic heterocycles. The van der Waals surface area contributed by atoms with Crippen LogP contribution in [0.25, 0.3) is 0 Å². The lowest BCUT2D eigenvalue weighted by Crippen LogP contribution is -2.24. The second kappa shape index (κ2) is 8.92. The number of benzene rings is 1. The number of pyridine rings is 1. The topological polar surface area (TPSA) is 106 Å². The first kappa shape index (κ1) is 19.2. The van der Waals surface area contributed by atoms with E-state index >= 15 is 0 Å². The van der Waals surface area contributed by atoms with Crippen LogP contribution in [-0.2, 0) is 11.3 Å². The Hall–Kier alpha value is -3.52. The molecule has 0 bridgehead atoms. The first-order valence-electron chi connectivity index (χ1n) is 8.22. The van der Waals surface area contributed by atoms with Crippen LogP contribution < -0.4 is 10.6 Å². The number of nitrogens with one attached hydrogen (secondary N) is 2. The molecule has 0 spiro atoms. The van der Waals surface area contributed by atoms with Gasteiger partial charge >= 0.3 is 5.97 Å². The molecule has 0 aliphatic rings. The molecular weight excluding hydrogens is 382 g/mol. The van der Waals surface area contributed by atoms with Gasteiger partial charge in [0.15, 0.2) is 0 Å². The second-order valence-electron chi connectivity index (χ2n) is 5.62. The van der Waals surface area contributed by atoms with E-state index in [0.29, 0.717) is 22.8 Å². The second-order valence-corrected chi connectivity index (χ2v) is 6.03. The van der Waals surface area contributed by atoms with Crippen molar-refractivity contribution in [2.24, 2.45) is 0 Å². The number of nitrogens with zero attached hydrogens (tertiary/aromatic N) is 3. The Morgan fingerprint density at radius 2 is 2.04 bits per heavy atom. The lowest BCUT2D eigenvalue weighted by molar-refractivity contribution is 0.0600. The van der Waals surface area contributed by atoms with Crippen LogP contribution in [0.1, 0.15) is 26.4 Å². The van der Waals surface area contributed by atoms with E-state index in [2.05, 4.69) is 25.6 Å². The van der Waals surface area contributed by atoms with E-state index in [9.17, 15) is 9.59 Å². The molecule has 8 nitrogen and oxygen atoms in total. The summed E-state index contributed by atoms with van der Waals surface area (Å²) >= 11 is 6.16. The molecule has 0 fully saturated rings. The third-order valence-corrected chi connectivity index (χ3v) is 4.03. The summed E-state index contributed by atoms with van der Waals surface area (Å²) in [6.45, 7) is 0.326. The van der Waals surface area contributed by atoms with Crippen LogP contribution in [0, 0.1) is 0 Å². The van der Waals surface area contributed by atoms with Crippen LogP contribution in [0.5, 0.6) is 0 Å². The highest BCUT2D eigenvalue weighted by atomic mass is 35.5. The lowest BCUT2D eigenvalue weighted by Gasteiger charge is -2.10. The van der Waals surface area contributed by atoms with Crippen LogP contribution in [0.4, 0.5) is 11.6 Å². The number of anilines is 2. The Morgan fingerprint density at radius 1 is 1.18 bits per heavy atom. The van der Waals surface area contributed by atoms with Crippen molar-refractivity contribution in [2.45, 2.75) is 6.54 Å². The SMILES string of the molecule is COC(=O)c1ccc(Cl)c(Nc2nccc(C(=O)NCc3cccnc3)n2)c1. The number of ether oxygens (including phenoxy) is 1. The van der Waals surface area contributed by atoms with Gasteiger partial charge in [0.2, 0.25) is 5.95 Å². The first-order chi connectivity index (χ1) is 13.6. The highest BCUT2D eigenvalue weighted by Gasteiger charge is 2.12. The number of aromatic nitrogens is 3. The normalized spacial score (nSPS) is 10.2. The number of carbonyl (C=O) groups excluding carboxylic acids is 2. The van der Waals surface area contributed by atoms with Gasteiger partial charge in [-0.3, -0.25) is 9.78 Å². The summed E-state index contributed by atoms with van der Waals surface area (Å²) in [5.74, 6) is -0.689. The molecule has 0 unspecified atom stereocenters. The molecule has 0 aliphatic carbocycles. The maximum absolute atomic E-state index is 12.3. The summed E-state index contributed by atoms with van der Waals surface area (Å²) in [5.41, 5.74) is 1.79. The third kappa shape index (κ3) is 4.80. The van der Waals surface area contributed by atoms with Crippen molar-refractivity contribution in [1.29, 1.82) is 0 Å². The Morgan fingerprint density at radius 3 is 2.79 bits per heavy atom. The van der Waals surface area contributed by atoms with Gasteiger partial charge in [0, 0.05) is 25.1 Å². The molecule has 3 rings (SSSR count). The Kier molecular flexibility index (Phi) is 6.13. The molecule has 2 heterocycles. The van der Waals surface area contributed by atoms with Crippen molar-refractivity contribution in [3.05, 3.63) is 76.8 Å². The van der Waals surface area contributed by atoms with Gasteiger partial charge < -0.3 is 15.4 Å². The summed E-state index contributed by atoms with van der Waals surface area (Å²) in [4.78, 5) is 36.3. The van der Waals surface area contributed by atoms with E-state index < -0.39 is 5.97 Å². The number of hydrogen-bond donors (Lipinski definition) is 2. The maximum atomic E-state index is 12.3. The summed E-state index contributed by atoms with van der Waals surface area (Å²) < 4.78 is 4.70. The standard InChI is InChI=1S/C19H16ClN5O3/c1-28-18(27)13-4-5-14(20)16(9-13)25-19-22-8-6-15(24-19)17(26)23-11-12-3-2-7-21-10-12/h2-10H,11H2,1H3,(H,23,26)(H,22,24,25). The Labute approximate surface area is 166 Å². The maximum Gasteiger partial charge on any atom is 0.337 e. The Bertz CT molecular complexity index is 998. The molecular formula is C19H16ClN5O3. The number of carbonyl (C=O) groups is 2. The van der Waals surface area contributed by atoms with Crippen molar-refractivity contribution in [2.75, 3.05) is 12.4 Å². The predicted octanol–water partition coefficient (Wildman–Crippen LogP) is 2.99. The van der Waals surface area contributed by atoms with E-state index in [1.165, 1.54) is 25.4 Å².